The van der Waals surface area contributed by atoms with Gasteiger partial charge in [0.15, 0.2) is 0 Å². The molecule has 0 bridgehead atoms. The molecule has 2 aromatic carbocycles. The maximum Gasteiger partial charge on any atom is 0.112 e. The first-order chi connectivity index (χ1) is 8.93. The Balaban J connectivity index is 1.79. The molecule has 0 aromatic heterocycles. The molecule has 1 aliphatic heterocycles. The monoisotopic (exact) mass is 236 g/mol. The molecule has 0 amide bonds. The Labute approximate surface area is 105 Å². The molecule has 0 unspecified atom stereocenters. The van der Waals surface area contributed by atoms with Crippen molar-refractivity contribution in [2.45, 2.75) is 0 Å². The second kappa shape index (κ2) is 4.71. The highest BCUT2D eigenvalue weighted by atomic mass is 15.8. The van der Waals surface area contributed by atoms with Gasteiger partial charge in [-0.2, -0.15) is 20.9 Å². The SMILES string of the molecule is C1=NN(c2ccccc2)NN=C1c1ccccc1. The second-order valence-corrected chi connectivity index (χ2v) is 3.85. The molecule has 3 rings (SSSR count). The van der Waals surface area contributed by atoms with Gasteiger partial charge in [-0.15, -0.1) is 0 Å². The van der Waals surface area contributed by atoms with Gasteiger partial charge >= 0.3 is 0 Å². The zero-order valence-corrected chi connectivity index (χ0v) is 9.69. The first kappa shape index (κ1) is 10.5. The van der Waals surface area contributed by atoms with Crippen molar-refractivity contribution in [2.75, 3.05) is 5.12 Å². The number of hydrazone groups is 2. The lowest BCUT2D eigenvalue weighted by Crippen LogP contribution is -2.34. The van der Waals surface area contributed by atoms with Crippen LogP contribution in [0.3, 0.4) is 0 Å². The molecule has 88 valence electrons. The van der Waals surface area contributed by atoms with Gasteiger partial charge in [0.05, 0.1) is 11.9 Å². The van der Waals surface area contributed by atoms with E-state index in [1.165, 1.54) is 0 Å². The van der Waals surface area contributed by atoms with E-state index in [0.29, 0.717) is 0 Å². The van der Waals surface area contributed by atoms with Gasteiger partial charge in [0.1, 0.15) is 5.71 Å². The highest BCUT2D eigenvalue weighted by Crippen LogP contribution is 2.13. The van der Waals surface area contributed by atoms with Gasteiger partial charge in [0.2, 0.25) is 0 Å². The van der Waals surface area contributed by atoms with E-state index in [2.05, 4.69) is 15.7 Å². The van der Waals surface area contributed by atoms with Crippen molar-refractivity contribution in [2.24, 2.45) is 10.2 Å². The van der Waals surface area contributed by atoms with E-state index in [1.54, 1.807) is 11.3 Å². The van der Waals surface area contributed by atoms with Crippen LogP contribution in [0.5, 0.6) is 0 Å². The fraction of sp³-hybridized carbons (Fsp3) is 0. The Morgan fingerprint density at radius 1 is 0.833 bits per heavy atom. The van der Waals surface area contributed by atoms with Crippen molar-refractivity contribution in [3.8, 4) is 0 Å². The number of nitrogens with one attached hydrogen (secondary N) is 1. The van der Waals surface area contributed by atoms with Crippen molar-refractivity contribution in [3.05, 3.63) is 66.2 Å². The highest BCUT2D eigenvalue weighted by molar-refractivity contribution is 6.38. The zero-order valence-electron chi connectivity index (χ0n) is 9.69. The fourth-order valence-corrected chi connectivity index (χ4v) is 1.71. The largest absolute Gasteiger partial charge is 0.197 e. The van der Waals surface area contributed by atoms with Crippen molar-refractivity contribution < 1.29 is 0 Å². The lowest BCUT2D eigenvalue weighted by Gasteiger charge is -2.21. The van der Waals surface area contributed by atoms with Gasteiger partial charge in [-0.05, 0) is 12.1 Å². The average molecular weight is 236 g/mol. The molecular weight excluding hydrogens is 224 g/mol. The molecule has 1 N–H and O–H groups in total. The number of para-hydroxylation sites is 1. The molecule has 4 nitrogen and oxygen atoms in total. The summed E-state index contributed by atoms with van der Waals surface area (Å²) >= 11 is 0. The minimum atomic E-state index is 0.822. The molecule has 0 aliphatic carbocycles. The van der Waals surface area contributed by atoms with E-state index in [1.807, 2.05) is 60.7 Å². The summed E-state index contributed by atoms with van der Waals surface area (Å²) in [5.41, 5.74) is 5.72. The van der Waals surface area contributed by atoms with E-state index in [9.17, 15) is 0 Å². The number of rotatable bonds is 2. The van der Waals surface area contributed by atoms with Crippen LogP contribution < -0.4 is 10.7 Å². The van der Waals surface area contributed by atoms with E-state index >= 15 is 0 Å². The van der Waals surface area contributed by atoms with Crippen LogP contribution in [0.25, 0.3) is 0 Å². The fourth-order valence-electron chi connectivity index (χ4n) is 1.71. The van der Waals surface area contributed by atoms with Gasteiger partial charge in [-0.3, -0.25) is 0 Å². The maximum atomic E-state index is 4.32. The average Bonchev–Trinajstić information content (AvgIpc) is 2.49. The van der Waals surface area contributed by atoms with Crippen LogP contribution >= 0.6 is 0 Å². The van der Waals surface area contributed by atoms with Gasteiger partial charge < -0.3 is 0 Å². The summed E-state index contributed by atoms with van der Waals surface area (Å²) in [6.07, 6.45) is 1.75. The molecular formula is C14H12N4. The van der Waals surface area contributed by atoms with Crippen LogP contribution in [0.1, 0.15) is 5.56 Å². The Morgan fingerprint density at radius 2 is 1.50 bits per heavy atom. The van der Waals surface area contributed by atoms with Gasteiger partial charge in [-0.1, -0.05) is 48.5 Å². The number of nitrogens with zero attached hydrogens (tertiary/aromatic N) is 3. The van der Waals surface area contributed by atoms with E-state index in [4.69, 9.17) is 0 Å². The molecule has 0 saturated heterocycles. The third kappa shape index (κ3) is 2.08. The molecule has 0 spiro atoms. The molecule has 4 heteroatoms. The first-order valence-electron chi connectivity index (χ1n) is 5.71. The van der Waals surface area contributed by atoms with Crippen LogP contribution in [0.4, 0.5) is 5.69 Å². The summed E-state index contributed by atoms with van der Waals surface area (Å²) < 4.78 is 0. The number of hydrogen-bond donors (Lipinski definition) is 1. The molecule has 0 saturated carbocycles. The molecule has 1 heterocycles. The van der Waals surface area contributed by atoms with Crippen LogP contribution in [-0.4, -0.2) is 11.9 Å². The lowest BCUT2D eigenvalue weighted by atomic mass is 10.1. The Kier molecular flexibility index (Phi) is 2.75. The number of hydrogen-bond acceptors (Lipinski definition) is 4. The van der Waals surface area contributed by atoms with Crippen LogP contribution in [0.15, 0.2) is 70.9 Å². The second-order valence-electron chi connectivity index (χ2n) is 3.85. The third-order valence-corrected chi connectivity index (χ3v) is 2.63. The number of benzene rings is 2. The van der Waals surface area contributed by atoms with Crippen molar-refractivity contribution in [1.29, 1.82) is 0 Å². The van der Waals surface area contributed by atoms with Crippen molar-refractivity contribution >= 4 is 17.6 Å². The predicted octanol–water partition coefficient (Wildman–Crippen LogP) is 2.40. The summed E-state index contributed by atoms with van der Waals surface area (Å²) in [5, 5.41) is 10.3. The highest BCUT2D eigenvalue weighted by Gasteiger charge is 2.09. The Bertz CT molecular complexity index is 575. The summed E-state index contributed by atoms with van der Waals surface area (Å²) in [6.45, 7) is 0. The first-order valence-corrected chi connectivity index (χ1v) is 5.71. The molecule has 18 heavy (non-hydrogen) atoms. The molecule has 2 aromatic rings. The van der Waals surface area contributed by atoms with Crippen LogP contribution in [-0.2, 0) is 0 Å². The lowest BCUT2D eigenvalue weighted by molar-refractivity contribution is 0.679. The summed E-state index contributed by atoms with van der Waals surface area (Å²) in [7, 11) is 0. The summed E-state index contributed by atoms with van der Waals surface area (Å²) in [6, 6.07) is 19.8. The zero-order chi connectivity index (χ0) is 12.2. The number of anilines is 1. The quantitative estimate of drug-likeness (QED) is 0.869. The molecule has 0 radical (unpaired) electrons. The van der Waals surface area contributed by atoms with E-state index in [0.717, 1.165) is 17.0 Å². The van der Waals surface area contributed by atoms with Gasteiger partial charge in [-0.25, -0.2) is 0 Å². The Hall–Kier alpha value is -2.62. The smallest absolute Gasteiger partial charge is 0.112 e. The van der Waals surface area contributed by atoms with Gasteiger partial charge in [0.25, 0.3) is 0 Å². The van der Waals surface area contributed by atoms with Crippen molar-refractivity contribution in [1.82, 2.24) is 5.53 Å². The van der Waals surface area contributed by atoms with Gasteiger partial charge in [0, 0.05) is 5.56 Å². The molecule has 0 fully saturated rings. The number of hydrazine groups is 1. The van der Waals surface area contributed by atoms with E-state index in [-0.39, 0.29) is 0 Å². The normalized spacial score (nSPS) is 14.0. The minimum Gasteiger partial charge on any atom is -0.197 e. The van der Waals surface area contributed by atoms with Crippen LogP contribution in [0.2, 0.25) is 0 Å². The van der Waals surface area contributed by atoms with E-state index < -0.39 is 0 Å². The molecule has 0 atom stereocenters. The maximum absolute atomic E-state index is 4.32. The summed E-state index contributed by atoms with van der Waals surface area (Å²) in [4.78, 5) is 0. The predicted molar refractivity (Wildman–Crippen MR) is 73.5 cm³/mol. The summed E-state index contributed by atoms with van der Waals surface area (Å²) in [5.74, 6) is 0. The standard InChI is InChI=1S/C14H12N4/c1-3-7-12(8-4-1)14-11-15-18(17-16-14)13-9-5-2-6-10-13/h1-11,17H. The van der Waals surface area contributed by atoms with Crippen LogP contribution in [0, 0.1) is 0 Å². The van der Waals surface area contributed by atoms with Crippen molar-refractivity contribution in [3.63, 3.8) is 0 Å². The third-order valence-electron chi connectivity index (χ3n) is 2.63. The Morgan fingerprint density at radius 3 is 2.11 bits per heavy atom. The minimum absolute atomic E-state index is 0.822. The molecule has 1 aliphatic rings. The topological polar surface area (TPSA) is 40.0 Å².